The van der Waals surface area contributed by atoms with Crippen molar-refractivity contribution in [2.24, 2.45) is 5.10 Å². The van der Waals surface area contributed by atoms with Crippen molar-refractivity contribution < 1.29 is 14.3 Å². The van der Waals surface area contributed by atoms with E-state index in [1.165, 1.54) is 13.3 Å². The van der Waals surface area contributed by atoms with E-state index < -0.39 is 0 Å². The van der Waals surface area contributed by atoms with Crippen LogP contribution in [0.5, 0.6) is 11.5 Å². The van der Waals surface area contributed by atoms with Crippen LogP contribution >= 0.6 is 11.6 Å². The van der Waals surface area contributed by atoms with Crippen LogP contribution in [0.2, 0.25) is 5.02 Å². The van der Waals surface area contributed by atoms with E-state index in [1.807, 2.05) is 37.3 Å². The lowest BCUT2D eigenvalue weighted by Crippen LogP contribution is -2.18. The number of nitrogens with zero attached hydrogens (tertiary/aromatic N) is 1. The minimum atomic E-state index is -0.367. The Morgan fingerprint density at radius 1 is 1.11 bits per heavy atom. The largest absolute Gasteiger partial charge is 0.496 e. The Morgan fingerprint density at radius 3 is 2.56 bits per heavy atom. The van der Waals surface area contributed by atoms with Gasteiger partial charge in [-0.1, -0.05) is 35.9 Å². The van der Waals surface area contributed by atoms with Crippen LogP contribution in [0.1, 0.15) is 22.8 Å². The summed E-state index contributed by atoms with van der Waals surface area (Å²) in [5.74, 6) is 0.760. The molecule has 0 saturated carbocycles. The fourth-order valence-electron chi connectivity index (χ4n) is 2.69. The van der Waals surface area contributed by atoms with Crippen molar-refractivity contribution >= 4 is 34.5 Å². The topological polar surface area (TPSA) is 59.9 Å². The van der Waals surface area contributed by atoms with Gasteiger partial charge in [-0.2, -0.15) is 5.10 Å². The highest BCUT2D eigenvalue weighted by Crippen LogP contribution is 2.26. The van der Waals surface area contributed by atoms with Gasteiger partial charge in [-0.3, -0.25) is 4.79 Å². The highest BCUT2D eigenvalue weighted by atomic mass is 35.5. The number of carbonyl (C=O) groups excluding carboxylic acids is 1. The number of hydrazone groups is 1. The van der Waals surface area contributed by atoms with Gasteiger partial charge in [0.1, 0.15) is 11.5 Å². The molecule has 0 fully saturated rings. The predicted molar refractivity (Wildman–Crippen MR) is 108 cm³/mol. The van der Waals surface area contributed by atoms with Crippen molar-refractivity contribution in [2.75, 3.05) is 13.7 Å². The van der Waals surface area contributed by atoms with E-state index in [-0.39, 0.29) is 5.91 Å². The Bertz CT molecular complexity index is 1000. The van der Waals surface area contributed by atoms with Gasteiger partial charge in [-0.25, -0.2) is 5.43 Å². The fraction of sp³-hybridized carbons (Fsp3) is 0.143. The fourth-order valence-corrected chi connectivity index (χ4v) is 2.87. The summed E-state index contributed by atoms with van der Waals surface area (Å²) in [7, 11) is 1.53. The smallest absolute Gasteiger partial charge is 0.275 e. The zero-order valence-corrected chi connectivity index (χ0v) is 15.8. The molecule has 0 unspecified atom stereocenters. The normalized spacial score (nSPS) is 10.9. The van der Waals surface area contributed by atoms with Gasteiger partial charge >= 0.3 is 0 Å². The molecule has 0 heterocycles. The SMILES string of the molecule is CCOc1ccc(Cl)cc1C=NNC(=O)c1cc2ccccc2cc1OC. The molecule has 0 spiro atoms. The first-order chi connectivity index (χ1) is 13.1. The molecule has 5 nitrogen and oxygen atoms in total. The number of benzene rings is 3. The number of methoxy groups -OCH3 is 1. The minimum Gasteiger partial charge on any atom is -0.496 e. The molecule has 0 aliphatic carbocycles. The van der Waals surface area contributed by atoms with Crippen LogP contribution in [0.25, 0.3) is 10.8 Å². The van der Waals surface area contributed by atoms with E-state index in [9.17, 15) is 4.79 Å². The molecule has 0 radical (unpaired) electrons. The van der Waals surface area contributed by atoms with Crippen LogP contribution in [0, 0.1) is 0 Å². The maximum atomic E-state index is 12.6. The monoisotopic (exact) mass is 382 g/mol. The quantitative estimate of drug-likeness (QED) is 0.498. The Balaban J connectivity index is 1.83. The van der Waals surface area contributed by atoms with Gasteiger partial charge in [0.2, 0.25) is 0 Å². The van der Waals surface area contributed by atoms with E-state index in [1.54, 1.807) is 24.3 Å². The van der Waals surface area contributed by atoms with Crippen LogP contribution in [0.3, 0.4) is 0 Å². The van der Waals surface area contributed by atoms with Gasteiger partial charge < -0.3 is 9.47 Å². The van der Waals surface area contributed by atoms with Crippen molar-refractivity contribution in [3.63, 3.8) is 0 Å². The van der Waals surface area contributed by atoms with E-state index in [4.69, 9.17) is 21.1 Å². The number of ether oxygens (including phenoxy) is 2. The zero-order valence-electron chi connectivity index (χ0n) is 15.0. The molecule has 3 aromatic rings. The molecule has 1 N–H and O–H groups in total. The van der Waals surface area contributed by atoms with Gasteiger partial charge in [0, 0.05) is 10.6 Å². The number of halogens is 1. The van der Waals surface area contributed by atoms with Crippen molar-refractivity contribution in [1.82, 2.24) is 5.43 Å². The maximum Gasteiger partial charge on any atom is 0.275 e. The van der Waals surface area contributed by atoms with Gasteiger partial charge in [0.25, 0.3) is 5.91 Å². The summed E-state index contributed by atoms with van der Waals surface area (Å²) in [5, 5.41) is 6.54. The molecule has 0 atom stereocenters. The summed E-state index contributed by atoms with van der Waals surface area (Å²) >= 11 is 6.03. The van der Waals surface area contributed by atoms with E-state index >= 15 is 0 Å². The zero-order chi connectivity index (χ0) is 19.2. The Hall–Kier alpha value is -3.05. The summed E-state index contributed by atoms with van der Waals surface area (Å²) in [6.07, 6.45) is 1.50. The van der Waals surface area contributed by atoms with Crippen molar-refractivity contribution in [3.8, 4) is 11.5 Å². The van der Waals surface area contributed by atoms with E-state index in [0.29, 0.717) is 34.3 Å². The molecule has 3 aromatic carbocycles. The molecule has 0 aromatic heterocycles. The number of hydrogen-bond acceptors (Lipinski definition) is 4. The summed E-state index contributed by atoms with van der Waals surface area (Å²) < 4.78 is 10.9. The van der Waals surface area contributed by atoms with Crippen LogP contribution in [-0.4, -0.2) is 25.8 Å². The Morgan fingerprint density at radius 2 is 1.85 bits per heavy atom. The number of carbonyl (C=O) groups is 1. The third kappa shape index (κ3) is 4.38. The first-order valence-electron chi connectivity index (χ1n) is 8.45. The maximum absolute atomic E-state index is 12.6. The average Bonchev–Trinajstić information content (AvgIpc) is 2.68. The first kappa shape index (κ1) is 18.7. The van der Waals surface area contributed by atoms with Gasteiger partial charge in [0.15, 0.2) is 0 Å². The second kappa shape index (κ2) is 8.56. The Kier molecular flexibility index (Phi) is 5.94. The minimum absolute atomic E-state index is 0.367. The van der Waals surface area contributed by atoms with Crippen molar-refractivity contribution in [1.29, 1.82) is 0 Å². The van der Waals surface area contributed by atoms with E-state index in [2.05, 4.69) is 10.5 Å². The highest BCUT2D eigenvalue weighted by Gasteiger charge is 2.13. The number of rotatable bonds is 6. The molecule has 138 valence electrons. The molecular formula is C21H19ClN2O3. The van der Waals surface area contributed by atoms with Gasteiger partial charge in [0.05, 0.1) is 25.5 Å². The van der Waals surface area contributed by atoms with Crippen LogP contribution in [0.15, 0.2) is 59.7 Å². The molecule has 1 amide bonds. The number of hydrogen-bond donors (Lipinski definition) is 1. The lowest BCUT2D eigenvalue weighted by molar-refractivity contribution is 0.0952. The third-order valence-corrected chi connectivity index (χ3v) is 4.19. The highest BCUT2D eigenvalue weighted by molar-refractivity contribution is 6.30. The molecule has 6 heteroatoms. The Labute approximate surface area is 162 Å². The lowest BCUT2D eigenvalue weighted by atomic mass is 10.1. The summed E-state index contributed by atoms with van der Waals surface area (Å²) in [6.45, 7) is 2.41. The van der Waals surface area contributed by atoms with Crippen LogP contribution in [0.4, 0.5) is 0 Å². The van der Waals surface area contributed by atoms with Gasteiger partial charge in [-0.15, -0.1) is 0 Å². The van der Waals surface area contributed by atoms with Crippen LogP contribution < -0.4 is 14.9 Å². The summed E-state index contributed by atoms with van der Waals surface area (Å²) in [4.78, 5) is 12.6. The number of nitrogens with one attached hydrogen (secondary N) is 1. The van der Waals surface area contributed by atoms with E-state index in [0.717, 1.165) is 10.8 Å². The molecule has 0 saturated heterocycles. The second-order valence-electron chi connectivity index (χ2n) is 5.71. The van der Waals surface area contributed by atoms with Gasteiger partial charge in [-0.05, 0) is 48.0 Å². The second-order valence-corrected chi connectivity index (χ2v) is 6.15. The number of fused-ring (bicyclic) bond motifs is 1. The standard InChI is InChI=1S/C21H19ClN2O3/c1-3-27-19-9-8-17(22)10-16(19)13-23-24-21(25)18-11-14-6-4-5-7-15(14)12-20(18)26-2/h4-13H,3H2,1-2H3,(H,24,25). The average molecular weight is 383 g/mol. The molecule has 3 rings (SSSR count). The van der Waals surface area contributed by atoms with Crippen molar-refractivity contribution in [3.05, 3.63) is 70.7 Å². The molecule has 0 aliphatic rings. The molecule has 27 heavy (non-hydrogen) atoms. The number of amides is 1. The van der Waals surface area contributed by atoms with Crippen LogP contribution in [-0.2, 0) is 0 Å². The predicted octanol–water partition coefficient (Wildman–Crippen LogP) is 4.66. The van der Waals surface area contributed by atoms with Crippen molar-refractivity contribution in [2.45, 2.75) is 6.92 Å². The molecule has 0 bridgehead atoms. The first-order valence-corrected chi connectivity index (χ1v) is 8.82. The molecule has 0 aliphatic heterocycles. The third-order valence-electron chi connectivity index (χ3n) is 3.95. The molecular weight excluding hydrogens is 364 g/mol. The summed E-state index contributed by atoms with van der Waals surface area (Å²) in [6, 6.07) is 16.6. The lowest BCUT2D eigenvalue weighted by Gasteiger charge is -2.09. The summed E-state index contributed by atoms with van der Waals surface area (Å²) in [5.41, 5.74) is 3.61.